The molecule has 0 aliphatic rings. The molecule has 2 aromatic heterocycles. The molecule has 34 heavy (non-hydrogen) atoms. The van der Waals surface area contributed by atoms with E-state index in [1.165, 1.54) is 0 Å². The first-order valence-electron chi connectivity index (χ1n) is 12.5. The summed E-state index contributed by atoms with van der Waals surface area (Å²) >= 11 is 0. The first-order valence-corrected chi connectivity index (χ1v) is 11.5. The van der Waals surface area contributed by atoms with Gasteiger partial charge in [-0.25, -0.2) is 9.41 Å². The molecule has 0 saturated carbocycles. The van der Waals surface area contributed by atoms with Crippen molar-refractivity contribution in [3.05, 3.63) is 95.5 Å². The summed E-state index contributed by atoms with van der Waals surface area (Å²) in [6, 6.07) is 21.8. The van der Waals surface area contributed by atoms with Gasteiger partial charge in [0.1, 0.15) is 18.2 Å². The zero-order valence-electron chi connectivity index (χ0n) is 22.2. The number of furan rings is 1. The molecule has 0 amide bonds. The largest absolute Gasteiger partial charge is 0.456 e. The lowest BCUT2D eigenvalue weighted by Gasteiger charge is -2.17. The first-order chi connectivity index (χ1) is 17.0. The van der Waals surface area contributed by atoms with Gasteiger partial charge in [0.25, 0.3) is 0 Å². The van der Waals surface area contributed by atoms with Gasteiger partial charge >= 0.3 is 0 Å². The van der Waals surface area contributed by atoms with Crippen LogP contribution in [-0.2, 0) is 13.4 Å². The number of benzene rings is 3. The minimum absolute atomic E-state index is 0.537. The molecule has 3 aromatic carbocycles. The molecule has 0 N–H and O–H groups in total. The van der Waals surface area contributed by atoms with Crippen molar-refractivity contribution in [3.63, 3.8) is 0 Å². The van der Waals surface area contributed by atoms with Gasteiger partial charge in [0, 0.05) is 30.7 Å². The van der Waals surface area contributed by atoms with E-state index in [1.54, 1.807) is 0 Å². The van der Waals surface area contributed by atoms with Crippen LogP contribution in [0.4, 0.5) is 5.69 Å². The molecule has 0 unspecified atom stereocenters. The zero-order valence-corrected chi connectivity index (χ0v) is 20.2. The molecule has 5 rings (SSSR count). The minimum Gasteiger partial charge on any atom is -0.456 e. The van der Waals surface area contributed by atoms with Crippen LogP contribution in [0, 0.1) is 18.9 Å². The summed E-state index contributed by atoms with van der Waals surface area (Å²) in [6.45, 7) is 15.6. The van der Waals surface area contributed by atoms with E-state index in [4.69, 9.17) is 13.7 Å². The SMILES string of the molecule is [2H]C([2H])(c1ccc(-c2c(C)ccc3c2oc2c(-c4ccccc4)c([N+]#[C-])ccc23)[n+](C)c1)C(C)(C)C. The fraction of sp³-hybridized carbons (Fsp3) is 0.226. The monoisotopic (exact) mass is 447 g/mol. The number of fused-ring (bicyclic) bond motifs is 3. The Balaban J connectivity index is 1.79. The van der Waals surface area contributed by atoms with Gasteiger partial charge in [-0.15, -0.1) is 0 Å². The van der Waals surface area contributed by atoms with Crippen LogP contribution in [0.25, 0.3) is 49.2 Å². The second-order valence-corrected chi connectivity index (χ2v) is 9.84. The van der Waals surface area contributed by atoms with Gasteiger partial charge in [0.15, 0.2) is 11.9 Å². The van der Waals surface area contributed by atoms with E-state index in [0.717, 1.165) is 44.3 Å². The van der Waals surface area contributed by atoms with Crippen molar-refractivity contribution in [2.75, 3.05) is 0 Å². The molecule has 3 nitrogen and oxygen atoms in total. The Morgan fingerprint density at radius 2 is 1.59 bits per heavy atom. The number of rotatable bonds is 3. The van der Waals surface area contributed by atoms with E-state index in [2.05, 4.69) is 23.9 Å². The fourth-order valence-electron chi connectivity index (χ4n) is 4.66. The van der Waals surface area contributed by atoms with Gasteiger partial charge < -0.3 is 4.42 Å². The number of pyridine rings is 1. The van der Waals surface area contributed by atoms with Gasteiger partial charge in [-0.2, -0.15) is 0 Å². The van der Waals surface area contributed by atoms with Crippen LogP contribution in [0.5, 0.6) is 0 Å². The Morgan fingerprint density at radius 3 is 2.24 bits per heavy atom. The van der Waals surface area contributed by atoms with Gasteiger partial charge in [-0.05, 0) is 35.9 Å². The molecule has 0 bridgehead atoms. The number of hydrogen-bond donors (Lipinski definition) is 0. The molecule has 5 aromatic rings. The van der Waals surface area contributed by atoms with E-state index in [1.807, 2.05) is 93.2 Å². The molecule has 0 aliphatic carbocycles. The van der Waals surface area contributed by atoms with E-state index in [0.29, 0.717) is 16.8 Å². The topological polar surface area (TPSA) is 21.4 Å². The summed E-state index contributed by atoms with van der Waals surface area (Å²) in [4.78, 5) is 3.78. The Bertz CT molecular complexity index is 1670. The highest BCUT2D eigenvalue weighted by Gasteiger charge is 2.24. The summed E-state index contributed by atoms with van der Waals surface area (Å²) in [7, 11) is 1.95. The molecule has 0 fully saturated rings. The van der Waals surface area contributed by atoms with Crippen molar-refractivity contribution in [1.29, 1.82) is 0 Å². The third kappa shape index (κ3) is 3.76. The van der Waals surface area contributed by atoms with Gasteiger partial charge in [0.05, 0.1) is 12.1 Å². The van der Waals surface area contributed by atoms with E-state index < -0.39 is 11.8 Å². The van der Waals surface area contributed by atoms with Crippen molar-refractivity contribution in [2.45, 2.75) is 34.1 Å². The van der Waals surface area contributed by atoms with Crippen LogP contribution < -0.4 is 4.57 Å². The number of aromatic nitrogens is 1. The first kappa shape index (κ1) is 19.6. The van der Waals surface area contributed by atoms with Crippen LogP contribution in [0.15, 0.2) is 77.3 Å². The van der Waals surface area contributed by atoms with Gasteiger partial charge in [0.2, 0.25) is 5.69 Å². The maximum atomic E-state index is 8.69. The second-order valence-electron chi connectivity index (χ2n) is 9.84. The zero-order chi connectivity index (χ0) is 25.8. The third-order valence-corrected chi connectivity index (χ3v) is 6.09. The smallest absolute Gasteiger partial charge is 0.216 e. The Kier molecular flexibility index (Phi) is 4.69. The van der Waals surface area contributed by atoms with Crippen molar-refractivity contribution < 1.29 is 11.7 Å². The van der Waals surface area contributed by atoms with E-state index in [9.17, 15) is 0 Å². The average Bonchev–Trinajstić information content (AvgIpc) is 3.22. The lowest BCUT2D eigenvalue weighted by atomic mass is 9.88. The van der Waals surface area contributed by atoms with Crippen molar-refractivity contribution in [3.8, 4) is 22.4 Å². The minimum atomic E-state index is -1.48. The summed E-state index contributed by atoms with van der Waals surface area (Å²) in [5.74, 6) is 0. The predicted octanol–water partition coefficient (Wildman–Crippen LogP) is 8.19. The Hall–Kier alpha value is -3.90. The van der Waals surface area contributed by atoms with Crippen molar-refractivity contribution >= 4 is 27.6 Å². The summed E-state index contributed by atoms with van der Waals surface area (Å²) in [6.07, 6.45) is 0.401. The lowest BCUT2D eigenvalue weighted by molar-refractivity contribution is -0.660. The van der Waals surface area contributed by atoms with Gasteiger partial charge in [-0.1, -0.05) is 75.4 Å². The molecule has 0 saturated heterocycles. The van der Waals surface area contributed by atoms with E-state index in [-0.39, 0.29) is 0 Å². The summed E-state index contributed by atoms with van der Waals surface area (Å²) < 4.78 is 26.0. The fourth-order valence-corrected chi connectivity index (χ4v) is 4.66. The maximum absolute atomic E-state index is 8.69. The van der Waals surface area contributed by atoms with Crippen molar-refractivity contribution in [1.82, 2.24) is 0 Å². The van der Waals surface area contributed by atoms with Crippen LogP contribution in [0.3, 0.4) is 0 Å². The molecular weight excluding hydrogens is 416 g/mol. The number of aryl methyl sites for hydroxylation is 2. The molecule has 0 spiro atoms. The van der Waals surface area contributed by atoms with Crippen LogP contribution in [0.1, 0.15) is 34.6 Å². The highest BCUT2D eigenvalue weighted by molar-refractivity contribution is 6.15. The highest BCUT2D eigenvalue weighted by Crippen LogP contribution is 2.44. The van der Waals surface area contributed by atoms with Crippen LogP contribution >= 0.6 is 0 Å². The highest BCUT2D eigenvalue weighted by atomic mass is 16.3. The quantitative estimate of drug-likeness (QED) is 0.202. The predicted molar refractivity (Wildman–Crippen MR) is 140 cm³/mol. The van der Waals surface area contributed by atoms with E-state index >= 15 is 0 Å². The third-order valence-electron chi connectivity index (χ3n) is 6.09. The maximum Gasteiger partial charge on any atom is 0.216 e. The standard InChI is InChI=1S/C31H29N2O/c1-20-12-14-23-24-15-16-25(32-5)28(22-10-8-7-9-11-22)30(24)34-29(23)27(20)26-17-13-21(19-33(26)6)18-31(2,3)4/h7-17,19H,18H2,1-4,6H3/q+1/i18D2. The lowest BCUT2D eigenvalue weighted by Crippen LogP contribution is -2.32. The van der Waals surface area contributed by atoms with Crippen LogP contribution in [-0.4, -0.2) is 0 Å². The number of hydrogen-bond acceptors (Lipinski definition) is 1. The molecule has 0 atom stereocenters. The molecular formula is C31H29N2O+. The molecule has 2 heterocycles. The second kappa shape index (κ2) is 8.15. The Labute approximate surface area is 203 Å². The normalized spacial score (nSPS) is 13.1. The summed E-state index contributed by atoms with van der Waals surface area (Å²) in [5.41, 5.74) is 6.88. The molecule has 168 valence electrons. The average molecular weight is 448 g/mol. The number of nitrogens with zero attached hydrogens (tertiary/aromatic N) is 2. The van der Waals surface area contributed by atoms with Crippen LogP contribution in [0.2, 0.25) is 0 Å². The Morgan fingerprint density at radius 1 is 0.912 bits per heavy atom. The summed E-state index contributed by atoms with van der Waals surface area (Å²) in [5, 5.41) is 1.97. The molecule has 0 radical (unpaired) electrons. The van der Waals surface area contributed by atoms with Crippen molar-refractivity contribution in [2.24, 2.45) is 12.5 Å². The van der Waals surface area contributed by atoms with Gasteiger partial charge in [-0.3, -0.25) is 0 Å². The molecule has 0 aliphatic heterocycles. The molecule has 3 heteroatoms.